The average Bonchev–Trinajstić information content (AvgIpc) is 2.52. The van der Waals surface area contributed by atoms with Gasteiger partial charge in [-0.15, -0.1) is 0 Å². The molecule has 0 bridgehead atoms. The van der Waals surface area contributed by atoms with Gasteiger partial charge in [-0.05, 0) is 31.4 Å². The first-order valence-corrected chi connectivity index (χ1v) is 8.60. The quantitative estimate of drug-likeness (QED) is 0.330. The number of unbranched alkanes of at least 4 members (excludes halogenated alkanes) is 7. The molecule has 0 radical (unpaired) electrons. The molecule has 0 aliphatic heterocycles. The van der Waals surface area contributed by atoms with Crippen molar-refractivity contribution in [3.63, 3.8) is 0 Å². The van der Waals surface area contributed by atoms with Crippen molar-refractivity contribution in [1.82, 2.24) is 0 Å². The fourth-order valence-electron chi connectivity index (χ4n) is 2.11. The predicted molar refractivity (Wildman–Crippen MR) is 91.4 cm³/mol. The van der Waals surface area contributed by atoms with Crippen LogP contribution in [0, 0.1) is 11.8 Å². The lowest BCUT2D eigenvalue weighted by atomic mass is 10.1. The Morgan fingerprint density at radius 3 is 2.59 bits per heavy atom. The number of allylic oxidation sites excluding steroid dienone is 1. The van der Waals surface area contributed by atoms with Crippen LogP contribution < -0.4 is 0 Å². The minimum Gasteiger partial charge on any atom is -0.469 e. The van der Waals surface area contributed by atoms with E-state index in [1.54, 1.807) is 12.2 Å². The zero-order valence-corrected chi connectivity index (χ0v) is 14.3. The molecule has 0 rings (SSSR count). The number of aliphatic hydroxyl groups is 1. The SMILES string of the molecule is CCCCC[C@H](O)/C=C/C#CCCCCCCCC(=O)OC. The van der Waals surface area contributed by atoms with Crippen molar-refractivity contribution in [2.45, 2.75) is 83.7 Å². The highest BCUT2D eigenvalue weighted by Crippen LogP contribution is 2.07. The molecule has 1 atom stereocenters. The summed E-state index contributed by atoms with van der Waals surface area (Å²) in [6, 6.07) is 0. The lowest BCUT2D eigenvalue weighted by Gasteiger charge is -2.02. The number of methoxy groups -OCH3 is 1. The van der Waals surface area contributed by atoms with Crippen molar-refractivity contribution in [2.75, 3.05) is 7.11 Å². The number of esters is 1. The van der Waals surface area contributed by atoms with Gasteiger partial charge in [0.2, 0.25) is 0 Å². The summed E-state index contributed by atoms with van der Waals surface area (Å²) in [7, 11) is 1.43. The Hall–Kier alpha value is -1.27. The van der Waals surface area contributed by atoms with Gasteiger partial charge in [-0.1, -0.05) is 57.3 Å². The molecule has 3 nitrogen and oxygen atoms in total. The summed E-state index contributed by atoms with van der Waals surface area (Å²) >= 11 is 0. The van der Waals surface area contributed by atoms with Crippen LogP contribution >= 0.6 is 0 Å². The predicted octanol–water partition coefficient (Wildman–Crippen LogP) is 4.39. The van der Waals surface area contributed by atoms with Crippen LogP contribution in [0.25, 0.3) is 0 Å². The van der Waals surface area contributed by atoms with Gasteiger partial charge in [0.25, 0.3) is 0 Å². The van der Waals surface area contributed by atoms with Gasteiger partial charge < -0.3 is 9.84 Å². The van der Waals surface area contributed by atoms with Crippen LogP contribution in [0.1, 0.15) is 77.6 Å². The van der Waals surface area contributed by atoms with Crippen molar-refractivity contribution in [2.24, 2.45) is 0 Å². The van der Waals surface area contributed by atoms with Crippen molar-refractivity contribution < 1.29 is 14.6 Å². The molecule has 0 heterocycles. The normalized spacial score (nSPS) is 12.0. The van der Waals surface area contributed by atoms with E-state index in [0.717, 1.165) is 51.4 Å². The average molecular weight is 308 g/mol. The van der Waals surface area contributed by atoms with Gasteiger partial charge in [0, 0.05) is 12.8 Å². The minimum atomic E-state index is -0.351. The molecule has 0 aromatic carbocycles. The molecule has 22 heavy (non-hydrogen) atoms. The summed E-state index contributed by atoms with van der Waals surface area (Å²) < 4.78 is 4.60. The summed E-state index contributed by atoms with van der Waals surface area (Å²) in [6.07, 6.45) is 14.3. The fourth-order valence-corrected chi connectivity index (χ4v) is 2.11. The second kappa shape index (κ2) is 16.1. The van der Waals surface area contributed by atoms with Crippen LogP contribution in [-0.2, 0) is 9.53 Å². The second-order valence-corrected chi connectivity index (χ2v) is 5.59. The summed E-state index contributed by atoms with van der Waals surface area (Å²) in [6.45, 7) is 2.16. The van der Waals surface area contributed by atoms with Gasteiger partial charge in [0.1, 0.15) is 0 Å². The third kappa shape index (κ3) is 15.1. The molecule has 0 saturated carbocycles. The Morgan fingerprint density at radius 2 is 1.86 bits per heavy atom. The van der Waals surface area contributed by atoms with Gasteiger partial charge in [-0.2, -0.15) is 0 Å². The molecule has 1 N–H and O–H groups in total. The Balaban J connectivity index is 3.43. The summed E-state index contributed by atoms with van der Waals surface area (Å²) in [5, 5.41) is 9.67. The van der Waals surface area contributed by atoms with Crippen LogP contribution in [0.3, 0.4) is 0 Å². The molecule has 0 saturated heterocycles. The second-order valence-electron chi connectivity index (χ2n) is 5.59. The number of hydrogen-bond donors (Lipinski definition) is 1. The number of ether oxygens (including phenoxy) is 1. The summed E-state index contributed by atoms with van der Waals surface area (Å²) in [5.41, 5.74) is 0. The van der Waals surface area contributed by atoms with E-state index in [4.69, 9.17) is 0 Å². The summed E-state index contributed by atoms with van der Waals surface area (Å²) in [4.78, 5) is 10.9. The first-order chi connectivity index (χ1) is 10.7. The first-order valence-electron chi connectivity index (χ1n) is 8.60. The van der Waals surface area contributed by atoms with Crippen molar-refractivity contribution in [3.8, 4) is 11.8 Å². The standard InChI is InChI=1S/C19H32O3/c1-3-4-12-15-18(20)16-13-10-8-6-5-7-9-11-14-17-19(21)22-2/h13,16,18,20H,3-7,9,11-12,14-15,17H2,1-2H3/b16-13+/t18-/m0/s1. The van der Waals surface area contributed by atoms with Gasteiger partial charge >= 0.3 is 5.97 Å². The molecule has 3 heteroatoms. The van der Waals surface area contributed by atoms with E-state index in [-0.39, 0.29) is 12.1 Å². The number of aliphatic hydroxyl groups excluding tert-OH is 1. The van der Waals surface area contributed by atoms with Crippen molar-refractivity contribution in [3.05, 3.63) is 12.2 Å². The zero-order chi connectivity index (χ0) is 16.5. The number of carbonyl (C=O) groups excluding carboxylic acids is 1. The van der Waals surface area contributed by atoms with Crippen LogP contribution in [0.4, 0.5) is 0 Å². The molecular weight excluding hydrogens is 276 g/mol. The third-order valence-corrected chi connectivity index (χ3v) is 3.52. The number of rotatable bonds is 12. The molecule has 0 unspecified atom stereocenters. The number of hydrogen-bond acceptors (Lipinski definition) is 3. The lowest BCUT2D eigenvalue weighted by molar-refractivity contribution is -0.140. The Bertz CT molecular complexity index is 349. The molecule has 0 aromatic heterocycles. The molecular formula is C19H32O3. The highest BCUT2D eigenvalue weighted by Gasteiger charge is 1.98. The van der Waals surface area contributed by atoms with Crippen LogP contribution in [0.2, 0.25) is 0 Å². The Kier molecular flexibility index (Phi) is 15.2. The maximum Gasteiger partial charge on any atom is 0.305 e. The molecule has 126 valence electrons. The monoisotopic (exact) mass is 308 g/mol. The number of carbonyl (C=O) groups is 1. The van der Waals surface area contributed by atoms with Gasteiger partial charge in [0.05, 0.1) is 13.2 Å². The maximum atomic E-state index is 10.9. The molecule has 0 aromatic rings. The van der Waals surface area contributed by atoms with Gasteiger partial charge in [-0.25, -0.2) is 0 Å². The lowest BCUT2D eigenvalue weighted by Crippen LogP contribution is -2.00. The topological polar surface area (TPSA) is 46.5 Å². The van der Waals surface area contributed by atoms with E-state index in [9.17, 15) is 9.90 Å². The maximum absolute atomic E-state index is 10.9. The molecule has 0 spiro atoms. The largest absolute Gasteiger partial charge is 0.469 e. The van der Waals surface area contributed by atoms with E-state index < -0.39 is 0 Å². The van der Waals surface area contributed by atoms with Gasteiger partial charge in [-0.3, -0.25) is 4.79 Å². The molecule has 0 amide bonds. The van der Waals surface area contributed by atoms with E-state index in [0.29, 0.717) is 6.42 Å². The smallest absolute Gasteiger partial charge is 0.305 e. The Morgan fingerprint density at radius 1 is 1.14 bits per heavy atom. The van der Waals surface area contributed by atoms with E-state index in [2.05, 4.69) is 23.5 Å². The van der Waals surface area contributed by atoms with E-state index in [1.165, 1.54) is 20.0 Å². The van der Waals surface area contributed by atoms with Gasteiger partial charge in [0.15, 0.2) is 0 Å². The van der Waals surface area contributed by atoms with Crippen molar-refractivity contribution >= 4 is 5.97 Å². The molecule has 0 aliphatic rings. The summed E-state index contributed by atoms with van der Waals surface area (Å²) in [5.74, 6) is 5.97. The minimum absolute atomic E-state index is 0.116. The van der Waals surface area contributed by atoms with Crippen LogP contribution in [-0.4, -0.2) is 24.3 Å². The highest BCUT2D eigenvalue weighted by molar-refractivity contribution is 5.68. The molecule has 0 aliphatic carbocycles. The Labute approximate surface area is 136 Å². The van der Waals surface area contributed by atoms with Crippen LogP contribution in [0.5, 0.6) is 0 Å². The highest BCUT2D eigenvalue weighted by atomic mass is 16.5. The molecule has 0 fully saturated rings. The van der Waals surface area contributed by atoms with Crippen molar-refractivity contribution in [1.29, 1.82) is 0 Å². The van der Waals surface area contributed by atoms with E-state index >= 15 is 0 Å². The van der Waals surface area contributed by atoms with Crippen LogP contribution in [0.15, 0.2) is 12.2 Å². The third-order valence-electron chi connectivity index (χ3n) is 3.52. The van der Waals surface area contributed by atoms with E-state index in [1.807, 2.05) is 0 Å². The zero-order valence-electron chi connectivity index (χ0n) is 14.3. The fraction of sp³-hybridized carbons (Fsp3) is 0.737. The first kappa shape index (κ1) is 20.7.